The highest BCUT2D eigenvalue weighted by Gasteiger charge is 2.09. The van der Waals surface area contributed by atoms with Crippen molar-refractivity contribution >= 4 is 28.8 Å². The number of rotatable bonds is 6. The summed E-state index contributed by atoms with van der Waals surface area (Å²) in [6.07, 6.45) is 0.673. The van der Waals surface area contributed by atoms with Crippen molar-refractivity contribution in [3.63, 3.8) is 0 Å². The van der Waals surface area contributed by atoms with Crippen molar-refractivity contribution in [1.29, 1.82) is 0 Å². The Labute approximate surface area is 154 Å². The highest BCUT2D eigenvalue weighted by molar-refractivity contribution is 7.13. The lowest BCUT2D eigenvalue weighted by Gasteiger charge is -2.05. The minimum Gasteiger partial charge on any atom is -0.355 e. The fourth-order valence-electron chi connectivity index (χ4n) is 2.38. The SMILES string of the molecule is O=C(Cc1csc(-c2ccc(Cl)cc2)n1)NCCc1ccccc1F. The van der Waals surface area contributed by atoms with Gasteiger partial charge in [-0.2, -0.15) is 0 Å². The average molecular weight is 375 g/mol. The fourth-order valence-corrected chi connectivity index (χ4v) is 3.33. The summed E-state index contributed by atoms with van der Waals surface area (Å²) in [7, 11) is 0. The highest BCUT2D eigenvalue weighted by Crippen LogP contribution is 2.25. The number of nitrogens with one attached hydrogen (secondary N) is 1. The van der Waals surface area contributed by atoms with Gasteiger partial charge in [-0.1, -0.05) is 41.9 Å². The van der Waals surface area contributed by atoms with Crippen LogP contribution in [0.2, 0.25) is 5.02 Å². The molecule has 0 spiro atoms. The van der Waals surface area contributed by atoms with Crippen molar-refractivity contribution < 1.29 is 9.18 Å². The lowest BCUT2D eigenvalue weighted by Crippen LogP contribution is -2.27. The Morgan fingerprint density at radius 3 is 2.68 bits per heavy atom. The second kappa shape index (κ2) is 8.23. The fraction of sp³-hybridized carbons (Fsp3) is 0.158. The number of hydrogen-bond acceptors (Lipinski definition) is 3. The lowest BCUT2D eigenvalue weighted by atomic mass is 10.1. The van der Waals surface area contributed by atoms with Crippen LogP contribution < -0.4 is 5.32 Å². The average Bonchev–Trinajstić information content (AvgIpc) is 3.05. The van der Waals surface area contributed by atoms with E-state index in [4.69, 9.17) is 11.6 Å². The van der Waals surface area contributed by atoms with Gasteiger partial charge in [0, 0.05) is 22.5 Å². The smallest absolute Gasteiger partial charge is 0.226 e. The quantitative estimate of drug-likeness (QED) is 0.690. The van der Waals surface area contributed by atoms with Crippen LogP contribution in [0.5, 0.6) is 0 Å². The molecule has 1 aromatic heterocycles. The Bertz CT molecular complexity index is 864. The Hall–Kier alpha value is -2.24. The topological polar surface area (TPSA) is 42.0 Å². The first kappa shape index (κ1) is 17.6. The van der Waals surface area contributed by atoms with Crippen molar-refractivity contribution in [2.24, 2.45) is 0 Å². The first-order chi connectivity index (χ1) is 12.1. The Balaban J connectivity index is 1.51. The number of aromatic nitrogens is 1. The molecule has 0 unspecified atom stereocenters. The van der Waals surface area contributed by atoms with Gasteiger partial charge in [0.25, 0.3) is 0 Å². The Kier molecular flexibility index (Phi) is 5.79. The van der Waals surface area contributed by atoms with Crippen LogP contribution in [0.4, 0.5) is 4.39 Å². The van der Waals surface area contributed by atoms with Crippen LogP contribution >= 0.6 is 22.9 Å². The van der Waals surface area contributed by atoms with Gasteiger partial charge in [-0.05, 0) is 30.2 Å². The molecule has 0 fully saturated rings. The summed E-state index contributed by atoms with van der Waals surface area (Å²) < 4.78 is 13.5. The number of amides is 1. The molecule has 0 aliphatic rings. The van der Waals surface area contributed by atoms with Crippen molar-refractivity contribution in [2.75, 3.05) is 6.54 Å². The van der Waals surface area contributed by atoms with Gasteiger partial charge in [0.1, 0.15) is 10.8 Å². The van der Waals surface area contributed by atoms with E-state index in [0.717, 1.165) is 16.3 Å². The molecule has 6 heteroatoms. The van der Waals surface area contributed by atoms with Gasteiger partial charge in [-0.25, -0.2) is 9.37 Å². The molecule has 25 heavy (non-hydrogen) atoms. The molecule has 0 aliphatic heterocycles. The van der Waals surface area contributed by atoms with Crippen LogP contribution in [0.25, 0.3) is 10.6 Å². The van der Waals surface area contributed by atoms with E-state index < -0.39 is 0 Å². The van der Waals surface area contributed by atoms with Crippen molar-refractivity contribution in [3.8, 4) is 10.6 Å². The summed E-state index contributed by atoms with van der Waals surface area (Å²) in [6.45, 7) is 0.397. The van der Waals surface area contributed by atoms with Crippen LogP contribution in [0, 0.1) is 5.82 Å². The summed E-state index contributed by atoms with van der Waals surface area (Å²) in [5.41, 5.74) is 2.29. The summed E-state index contributed by atoms with van der Waals surface area (Å²) >= 11 is 7.37. The van der Waals surface area contributed by atoms with Crippen LogP contribution in [0.15, 0.2) is 53.9 Å². The predicted molar refractivity (Wildman–Crippen MR) is 99.4 cm³/mol. The van der Waals surface area contributed by atoms with Crippen molar-refractivity contribution in [1.82, 2.24) is 10.3 Å². The van der Waals surface area contributed by atoms with Gasteiger partial charge >= 0.3 is 0 Å². The molecule has 1 amide bonds. The number of halogens is 2. The predicted octanol–water partition coefficient (Wildman–Crippen LogP) is 4.50. The molecule has 3 nitrogen and oxygen atoms in total. The van der Waals surface area contributed by atoms with E-state index in [-0.39, 0.29) is 18.1 Å². The van der Waals surface area contributed by atoms with Crippen LogP contribution in [-0.4, -0.2) is 17.4 Å². The van der Waals surface area contributed by atoms with Crippen molar-refractivity contribution in [2.45, 2.75) is 12.8 Å². The second-order valence-corrected chi connectivity index (χ2v) is 6.81. The number of benzene rings is 2. The van der Waals surface area contributed by atoms with E-state index in [1.54, 1.807) is 18.2 Å². The monoisotopic (exact) mass is 374 g/mol. The second-order valence-electron chi connectivity index (χ2n) is 5.52. The molecule has 0 bridgehead atoms. The maximum Gasteiger partial charge on any atom is 0.226 e. The molecule has 3 aromatic rings. The van der Waals surface area contributed by atoms with Gasteiger partial charge in [0.15, 0.2) is 0 Å². The van der Waals surface area contributed by atoms with Crippen LogP contribution in [-0.2, 0) is 17.6 Å². The molecular formula is C19H16ClFN2OS. The summed E-state index contributed by atoms with van der Waals surface area (Å²) in [4.78, 5) is 16.5. The highest BCUT2D eigenvalue weighted by atomic mass is 35.5. The molecule has 128 valence electrons. The summed E-state index contributed by atoms with van der Waals surface area (Å²) in [5.74, 6) is -0.367. The third-order valence-electron chi connectivity index (χ3n) is 3.66. The zero-order valence-corrected chi connectivity index (χ0v) is 14.9. The van der Waals surface area contributed by atoms with Gasteiger partial charge < -0.3 is 5.32 Å². The number of thiazole rings is 1. The molecule has 0 aliphatic carbocycles. The first-order valence-electron chi connectivity index (χ1n) is 7.82. The first-order valence-corrected chi connectivity index (χ1v) is 9.08. The van der Waals surface area contributed by atoms with Crippen molar-refractivity contribution in [3.05, 3.63) is 76.0 Å². The largest absolute Gasteiger partial charge is 0.355 e. The maximum atomic E-state index is 13.5. The molecule has 3 rings (SSSR count). The third-order valence-corrected chi connectivity index (χ3v) is 4.85. The zero-order valence-electron chi connectivity index (χ0n) is 13.3. The van der Waals surface area contributed by atoms with E-state index in [2.05, 4.69) is 10.3 Å². The van der Waals surface area contributed by atoms with Gasteiger partial charge in [-0.15, -0.1) is 11.3 Å². The Morgan fingerprint density at radius 1 is 1.16 bits per heavy atom. The van der Waals surface area contributed by atoms with Crippen LogP contribution in [0.3, 0.4) is 0 Å². The molecule has 2 aromatic carbocycles. The molecular weight excluding hydrogens is 359 g/mol. The van der Waals surface area contributed by atoms with E-state index in [1.807, 2.05) is 29.6 Å². The Morgan fingerprint density at radius 2 is 1.92 bits per heavy atom. The molecule has 0 saturated heterocycles. The standard InChI is InChI=1S/C19H16ClFN2OS/c20-15-7-5-14(6-8-15)19-23-16(12-25-19)11-18(24)22-10-9-13-3-1-2-4-17(13)21/h1-8,12H,9-11H2,(H,22,24). The number of carbonyl (C=O) groups is 1. The van der Waals surface area contributed by atoms with Gasteiger partial charge in [0.05, 0.1) is 12.1 Å². The van der Waals surface area contributed by atoms with E-state index in [9.17, 15) is 9.18 Å². The minimum absolute atomic E-state index is 0.121. The normalized spacial score (nSPS) is 10.6. The van der Waals surface area contributed by atoms with E-state index in [1.165, 1.54) is 17.4 Å². The molecule has 0 atom stereocenters. The number of nitrogens with zero attached hydrogens (tertiary/aromatic N) is 1. The summed E-state index contributed by atoms with van der Waals surface area (Å²) in [6, 6.07) is 14.0. The minimum atomic E-state index is -0.246. The lowest BCUT2D eigenvalue weighted by molar-refractivity contribution is -0.120. The maximum absolute atomic E-state index is 13.5. The molecule has 0 saturated carbocycles. The summed E-state index contributed by atoms with van der Waals surface area (Å²) in [5, 5.41) is 6.21. The molecule has 1 heterocycles. The number of carbonyl (C=O) groups excluding carboxylic acids is 1. The molecule has 1 N–H and O–H groups in total. The third kappa shape index (κ3) is 4.87. The molecule has 0 radical (unpaired) electrons. The van der Waals surface area contributed by atoms with Crippen LogP contribution in [0.1, 0.15) is 11.3 Å². The van der Waals surface area contributed by atoms with E-state index in [0.29, 0.717) is 23.6 Å². The zero-order chi connectivity index (χ0) is 17.6. The number of hydrogen-bond donors (Lipinski definition) is 1. The van der Waals surface area contributed by atoms with Gasteiger partial charge in [-0.3, -0.25) is 4.79 Å². The van der Waals surface area contributed by atoms with E-state index >= 15 is 0 Å². The van der Waals surface area contributed by atoms with Gasteiger partial charge in [0.2, 0.25) is 5.91 Å².